The quantitative estimate of drug-likeness (QED) is 0.411. The average Bonchev–Trinajstić information content (AvgIpc) is 2.72. The van der Waals surface area contributed by atoms with Gasteiger partial charge in [-0.3, -0.25) is 0 Å². The van der Waals surface area contributed by atoms with Gasteiger partial charge in [0.25, 0.3) is 0 Å². The third-order valence-electron chi connectivity index (χ3n) is 5.37. The Morgan fingerprint density at radius 1 is 0.964 bits per heavy atom. The van der Waals surface area contributed by atoms with Crippen molar-refractivity contribution < 1.29 is 13.5 Å². The van der Waals surface area contributed by atoms with Gasteiger partial charge < -0.3 is 4.74 Å². The van der Waals surface area contributed by atoms with E-state index in [1.807, 2.05) is 12.1 Å². The maximum absolute atomic E-state index is 14.1. The highest BCUT2D eigenvalue weighted by atomic mass is 28.3. The van der Waals surface area contributed by atoms with Crippen LogP contribution in [0.1, 0.15) is 55.7 Å². The van der Waals surface area contributed by atoms with E-state index in [0.717, 1.165) is 5.56 Å². The lowest BCUT2D eigenvalue weighted by Gasteiger charge is -2.27. The van der Waals surface area contributed by atoms with Crippen molar-refractivity contribution in [3.8, 4) is 17.6 Å². The predicted molar refractivity (Wildman–Crippen MR) is 112 cm³/mol. The maximum Gasteiger partial charge on any atom is 0.201 e. The SMILES string of the molecule is CCC[Si]1CCC(c2ccc(C#Cc3ccc(OCC)c(F)c3F)cc2)CC1. The van der Waals surface area contributed by atoms with Crippen LogP contribution in [0, 0.1) is 23.5 Å². The van der Waals surface area contributed by atoms with Gasteiger partial charge in [-0.1, -0.05) is 55.5 Å². The van der Waals surface area contributed by atoms with E-state index in [4.69, 9.17) is 4.74 Å². The molecule has 3 rings (SSSR count). The standard InChI is InChI=1S/C24H27F2OSi/c1-3-15-28-16-13-20(14-17-28)19-8-5-18(6-9-19)7-10-21-11-12-22(27-4-2)24(26)23(21)25/h5-6,8-9,11-12,20H,3-4,13-17H2,1-2H3. The van der Waals surface area contributed by atoms with Crippen LogP contribution >= 0.6 is 0 Å². The van der Waals surface area contributed by atoms with Crippen LogP contribution in [0.4, 0.5) is 8.78 Å². The first-order chi connectivity index (χ1) is 13.6. The Hall–Kier alpha value is -2.12. The van der Waals surface area contributed by atoms with E-state index in [0.29, 0.717) is 5.92 Å². The van der Waals surface area contributed by atoms with Crippen molar-refractivity contribution in [1.82, 2.24) is 0 Å². The number of rotatable bonds is 5. The summed E-state index contributed by atoms with van der Waals surface area (Å²) in [4.78, 5) is 0. The second-order valence-electron chi connectivity index (χ2n) is 7.32. The fourth-order valence-electron chi connectivity index (χ4n) is 3.84. The Morgan fingerprint density at radius 3 is 2.32 bits per heavy atom. The van der Waals surface area contributed by atoms with Crippen LogP contribution in [0.3, 0.4) is 0 Å². The molecule has 2 aromatic carbocycles. The van der Waals surface area contributed by atoms with Crippen LogP contribution in [0.2, 0.25) is 18.1 Å². The number of hydrogen-bond acceptors (Lipinski definition) is 1. The van der Waals surface area contributed by atoms with Gasteiger partial charge in [-0.15, -0.1) is 0 Å². The van der Waals surface area contributed by atoms with E-state index >= 15 is 0 Å². The number of benzene rings is 2. The normalized spacial score (nSPS) is 15.1. The molecule has 28 heavy (non-hydrogen) atoms. The number of hydrogen-bond donors (Lipinski definition) is 0. The Balaban J connectivity index is 1.67. The average molecular weight is 398 g/mol. The van der Waals surface area contributed by atoms with Crippen LogP contribution < -0.4 is 4.74 Å². The lowest BCUT2D eigenvalue weighted by molar-refractivity contribution is 0.314. The lowest BCUT2D eigenvalue weighted by atomic mass is 9.93. The topological polar surface area (TPSA) is 9.23 Å². The van der Waals surface area contributed by atoms with E-state index in [1.165, 1.54) is 55.1 Å². The Kier molecular flexibility index (Phi) is 7.28. The van der Waals surface area contributed by atoms with E-state index in [1.54, 1.807) is 6.92 Å². The highest BCUT2D eigenvalue weighted by Crippen LogP contribution is 2.35. The molecule has 0 N–H and O–H groups in total. The molecular weight excluding hydrogens is 370 g/mol. The molecule has 2 aromatic rings. The molecule has 0 atom stereocenters. The highest BCUT2D eigenvalue weighted by Gasteiger charge is 2.22. The summed E-state index contributed by atoms with van der Waals surface area (Å²) in [6.45, 7) is 4.31. The summed E-state index contributed by atoms with van der Waals surface area (Å²) in [5, 5.41) is 0. The minimum Gasteiger partial charge on any atom is -0.491 e. The molecule has 0 spiro atoms. The molecule has 4 heteroatoms. The maximum atomic E-state index is 14.1. The van der Waals surface area contributed by atoms with Gasteiger partial charge >= 0.3 is 0 Å². The molecule has 0 saturated carbocycles. The summed E-state index contributed by atoms with van der Waals surface area (Å²) < 4.78 is 33.1. The van der Waals surface area contributed by atoms with Crippen molar-refractivity contribution in [3.63, 3.8) is 0 Å². The smallest absolute Gasteiger partial charge is 0.201 e. The van der Waals surface area contributed by atoms with E-state index in [-0.39, 0.29) is 26.7 Å². The third kappa shape index (κ3) is 5.02. The van der Waals surface area contributed by atoms with E-state index in [2.05, 4.69) is 30.9 Å². The van der Waals surface area contributed by atoms with Crippen molar-refractivity contribution in [1.29, 1.82) is 0 Å². The van der Waals surface area contributed by atoms with Crippen LogP contribution in [-0.4, -0.2) is 15.4 Å². The molecule has 0 aromatic heterocycles. The zero-order valence-electron chi connectivity index (χ0n) is 16.7. The molecule has 1 nitrogen and oxygen atoms in total. The molecule has 0 aliphatic carbocycles. The fraction of sp³-hybridized carbons (Fsp3) is 0.417. The Morgan fingerprint density at radius 2 is 1.68 bits per heavy atom. The van der Waals surface area contributed by atoms with Crippen molar-refractivity contribution >= 4 is 8.80 Å². The molecular formula is C24H27F2OSi. The van der Waals surface area contributed by atoms with Gasteiger partial charge in [0.2, 0.25) is 5.82 Å². The first kappa shape index (κ1) is 20.6. The van der Waals surface area contributed by atoms with Crippen molar-refractivity contribution in [2.45, 2.75) is 57.2 Å². The first-order valence-corrected chi connectivity index (χ1v) is 12.3. The minimum atomic E-state index is -0.981. The lowest BCUT2D eigenvalue weighted by Crippen LogP contribution is -2.19. The van der Waals surface area contributed by atoms with Crippen LogP contribution in [0.25, 0.3) is 0 Å². The third-order valence-corrected chi connectivity index (χ3v) is 8.57. The molecule has 1 heterocycles. The van der Waals surface area contributed by atoms with Gasteiger partial charge in [-0.25, -0.2) is 4.39 Å². The molecule has 0 bridgehead atoms. The fourth-order valence-corrected chi connectivity index (χ4v) is 6.81. The van der Waals surface area contributed by atoms with Crippen LogP contribution in [-0.2, 0) is 0 Å². The predicted octanol–water partition coefficient (Wildman–Crippen LogP) is 6.55. The summed E-state index contributed by atoms with van der Waals surface area (Å²) in [6, 6.07) is 15.4. The number of halogens is 2. The van der Waals surface area contributed by atoms with Crippen LogP contribution in [0.5, 0.6) is 5.75 Å². The van der Waals surface area contributed by atoms with Gasteiger partial charge in [0.05, 0.1) is 12.2 Å². The zero-order chi connectivity index (χ0) is 19.9. The molecule has 147 valence electrons. The zero-order valence-corrected chi connectivity index (χ0v) is 17.7. The molecule has 1 saturated heterocycles. The van der Waals surface area contributed by atoms with Crippen molar-refractivity contribution in [3.05, 3.63) is 64.7 Å². The Bertz CT molecular complexity index is 843. The summed E-state index contributed by atoms with van der Waals surface area (Å²) in [5.41, 5.74) is 2.23. The van der Waals surface area contributed by atoms with Gasteiger partial charge in [0.1, 0.15) is 0 Å². The first-order valence-electron chi connectivity index (χ1n) is 10.2. The summed E-state index contributed by atoms with van der Waals surface area (Å²) in [6.07, 6.45) is 3.93. The molecule has 0 amide bonds. The van der Waals surface area contributed by atoms with Crippen molar-refractivity contribution in [2.75, 3.05) is 6.61 Å². The van der Waals surface area contributed by atoms with Gasteiger partial charge in [0.15, 0.2) is 11.6 Å². The molecule has 1 aliphatic heterocycles. The highest BCUT2D eigenvalue weighted by molar-refractivity contribution is 6.59. The van der Waals surface area contributed by atoms with E-state index in [9.17, 15) is 8.78 Å². The van der Waals surface area contributed by atoms with Gasteiger partial charge in [-0.2, -0.15) is 4.39 Å². The summed E-state index contributed by atoms with van der Waals surface area (Å²) in [7, 11) is -0.0971. The van der Waals surface area contributed by atoms with E-state index < -0.39 is 11.6 Å². The molecule has 1 fully saturated rings. The molecule has 1 aliphatic rings. The second kappa shape index (κ2) is 9.89. The second-order valence-corrected chi connectivity index (χ2v) is 10.3. The van der Waals surface area contributed by atoms with Gasteiger partial charge in [-0.05, 0) is 55.5 Å². The minimum absolute atomic E-state index is 0.0444. The number of ether oxygens (including phenoxy) is 1. The summed E-state index contributed by atoms with van der Waals surface area (Å²) in [5.74, 6) is 4.33. The largest absolute Gasteiger partial charge is 0.491 e. The monoisotopic (exact) mass is 397 g/mol. The molecule has 1 radical (unpaired) electrons. The van der Waals surface area contributed by atoms with Gasteiger partial charge in [0, 0.05) is 14.4 Å². The summed E-state index contributed by atoms with van der Waals surface area (Å²) >= 11 is 0. The molecule has 0 unspecified atom stereocenters. The Labute approximate surface area is 168 Å². The van der Waals surface area contributed by atoms with Crippen molar-refractivity contribution in [2.24, 2.45) is 0 Å². The van der Waals surface area contributed by atoms with Crippen LogP contribution in [0.15, 0.2) is 36.4 Å².